The number of rotatable bonds is 2. The largest absolute Gasteiger partial charge is 0.325 e. The van der Waals surface area contributed by atoms with Crippen molar-refractivity contribution in [3.8, 4) is 0 Å². The molecule has 0 bridgehead atoms. The van der Waals surface area contributed by atoms with Crippen molar-refractivity contribution in [2.75, 3.05) is 10.6 Å². The van der Waals surface area contributed by atoms with E-state index in [2.05, 4.69) is 10.6 Å². The number of amides is 2. The van der Waals surface area contributed by atoms with Gasteiger partial charge in [-0.3, -0.25) is 9.59 Å². The Morgan fingerprint density at radius 3 is 2.00 bits per heavy atom. The van der Waals surface area contributed by atoms with Crippen LogP contribution in [0.5, 0.6) is 0 Å². The van der Waals surface area contributed by atoms with Gasteiger partial charge in [0.1, 0.15) is 0 Å². The van der Waals surface area contributed by atoms with Crippen molar-refractivity contribution in [2.24, 2.45) is 0 Å². The number of carbonyl (C=O) groups excluding carboxylic acids is 2. The molecule has 2 amide bonds. The number of hydrogen-bond acceptors (Lipinski definition) is 2. The smallest absolute Gasteiger partial charge is 0.276 e. The summed E-state index contributed by atoms with van der Waals surface area (Å²) in [7, 11) is 0. The molecule has 0 radical (unpaired) electrons. The first kappa shape index (κ1) is 18.1. The molecule has 0 aliphatic rings. The molecular formula is C14H17Cl3N2O2. The van der Waals surface area contributed by atoms with Crippen LogP contribution in [-0.4, -0.2) is 15.6 Å². The Hall–Kier alpha value is -0.970. The molecule has 0 saturated heterocycles. The molecule has 4 nitrogen and oxygen atoms in total. The van der Waals surface area contributed by atoms with Crippen LogP contribution in [0.25, 0.3) is 0 Å². The third-order valence-electron chi connectivity index (χ3n) is 2.70. The third kappa shape index (κ3) is 5.38. The quantitative estimate of drug-likeness (QED) is 0.783. The van der Waals surface area contributed by atoms with Gasteiger partial charge in [-0.05, 0) is 23.1 Å². The van der Waals surface area contributed by atoms with Gasteiger partial charge in [0.05, 0.1) is 11.4 Å². The van der Waals surface area contributed by atoms with Crippen LogP contribution in [0.4, 0.5) is 11.4 Å². The van der Waals surface area contributed by atoms with Crippen LogP contribution in [0, 0.1) is 0 Å². The minimum Gasteiger partial charge on any atom is -0.325 e. The number of alkyl halides is 3. The van der Waals surface area contributed by atoms with Gasteiger partial charge in [-0.1, -0.05) is 61.6 Å². The maximum absolute atomic E-state index is 11.8. The van der Waals surface area contributed by atoms with Crippen molar-refractivity contribution in [1.29, 1.82) is 0 Å². The first-order chi connectivity index (χ1) is 9.41. The van der Waals surface area contributed by atoms with Crippen LogP contribution in [0.2, 0.25) is 0 Å². The van der Waals surface area contributed by atoms with E-state index in [1.807, 2.05) is 26.8 Å². The summed E-state index contributed by atoms with van der Waals surface area (Å²) in [6.45, 7) is 7.46. The maximum Gasteiger partial charge on any atom is 0.276 e. The lowest BCUT2D eigenvalue weighted by molar-refractivity contribution is -0.115. The lowest BCUT2D eigenvalue weighted by atomic mass is 9.86. The summed E-state index contributed by atoms with van der Waals surface area (Å²) in [5, 5.41) is 5.14. The van der Waals surface area contributed by atoms with Gasteiger partial charge in [0.2, 0.25) is 5.91 Å². The lowest BCUT2D eigenvalue weighted by Gasteiger charge is -2.22. The molecule has 0 aliphatic carbocycles. The molecule has 0 atom stereocenters. The Kier molecular flexibility index (Phi) is 5.53. The fourth-order valence-electron chi connectivity index (χ4n) is 1.61. The van der Waals surface area contributed by atoms with Crippen LogP contribution in [0.15, 0.2) is 18.2 Å². The van der Waals surface area contributed by atoms with E-state index in [4.69, 9.17) is 34.8 Å². The third-order valence-corrected chi connectivity index (χ3v) is 3.22. The fourth-order valence-corrected chi connectivity index (χ4v) is 1.75. The number of carbonyl (C=O) groups is 2. The Bertz CT molecular complexity index is 560. The van der Waals surface area contributed by atoms with Gasteiger partial charge in [0.25, 0.3) is 9.70 Å². The van der Waals surface area contributed by atoms with E-state index in [9.17, 15) is 9.59 Å². The van der Waals surface area contributed by atoms with Gasteiger partial charge in [0, 0.05) is 6.92 Å². The van der Waals surface area contributed by atoms with Crippen molar-refractivity contribution < 1.29 is 9.59 Å². The van der Waals surface area contributed by atoms with Crippen LogP contribution in [0.1, 0.15) is 33.3 Å². The van der Waals surface area contributed by atoms with Crippen molar-refractivity contribution in [3.63, 3.8) is 0 Å². The van der Waals surface area contributed by atoms with Crippen LogP contribution in [-0.2, 0) is 15.0 Å². The van der Waals surface area contributed by atoms with Crippen molar-refractivity contribution >= 4 is 58.0 Å². The van der Waals surface area contributed by atoms with Crippen LogP contribution in [0.3, 0.4) is 0 Å². The van der Waals surface area contributed by atoms with Crippen LogP contribution >= 0.6 is 34.8 Å². The number of hydrogen-bond donors (Lipinski definition) is 2. The van der Waals surface area contributed by atoms with Gasteiger partial charge in [-0.15, -0.1) is 0 Å². The van der Waals surface area contributed by atoms with E-state index in [0.717, 1.165) is 5.56 Å². The van der Waals surface area contributed by atoms with Gasteiger partial charge in [0.15, 0.2) is 0 Å². The average molecular weight is 352 g/mol. The summed E-state index contributed by atoms with van der Waals surface area (Å²) in [4.78, 5) is 23.0. The monoisotopic (exact) mass is 350 g/mol. The summed E-state index contributed by atoms with van der Waals surface area (Å²) >= 11 is 16.7. The zero-order valence-electron chi connectivity index (χ0n) is 12.2. The minimum absolute atomic E-state index is 0.131. The molecule has 2 N–H and O–H groups in total. The van der Waals surface area contributed by atoms with E-state index in [-0.39, 0.29) is 11.3 Å². The van der Waals surface area contributed by atoms with E-state index in [0.29, 0.717) is 11.4 Å². The predicted octanol–water partition coefficient (Wildman–Crippen LogP) is 4.25. The van der Waals surface area contributed by atoms with Gasteiger partial charge >= 0.3 is 0 Å². The van der Waals surface area contributed by atoms with E-state index < -0.39 is 9.70 Å². The highest BCUT2D eigenvalue weighted by Gasteiger charge is 2.31. The zero-order chi connectivity index (χ0) is 16.4. The summed E-state index contributed by atoms with van der Waals surface area (Å²) < 4.78 is -2.08. The van der Waals surface area contributed by atoms with E-state index >= 15 is 0 Å². The summed E-state index contributed by atoms with van der Waals surface area (Å²) in [6, 6.07) is 5.33. The summed E-state index contributed by atoms with van der Waals surface area (Å²) in [5.74, 6) is -1.05. The molecule has 0 unspecified atom stereocenters. The molecular weight excluding hydrogens is 335 g/mol. The fraction of sp³-hybridized carbons (Fsp3) is 0.429. The number of benzene rings is 1. The Morgan fingerprint density at radius 1 is 1.00 bits per heavy atom. The van der Waals surface area contributed by atoms with Gasteiger partial charge in [-0.2, -0.15) is 0 Å². The van der Waals surface area contributed by atoms with E-state index in [1.165, 1.54) is 6.92 Å². The number of anilines is 2. The molecule has 21 heavy (non-hydrogen) atoms. The summed E-state index contributed by atoms with van der Waals surface area (Å²) in [5.41, 5.74) is 1.66. The average Bonchev–Trinajstić information content (AvgIpc) is 2.27. The van der Waals surface area contributed by atoms with Crippen LogP contribution < -0.4 is 10.6 Å². The van der Waals surface area contributed by atoms with Gasteiger partial charge in [-0.25, -0.2) is 0 Å². The normalized spacial score (nSPS) is 12.0. The van der Waals surface area contributed by atoms with Crippen molar-refractivity contribution in [2.45, 2.75) is 36.9 Å². The molecule has 0 spiro atoms. The number of halogens is 3. The van der Waals surface area contributed by atoms with Crippen molar-refractivity contribution in [3.05, 3.63) is 23.8 Å². The minimum atomic E-state index is -2.08. The Morgan fingerprint density at radius 2 is 1.57 bits per heavy atom. The molecule has 7 heteroatoms. The van der Waals surface area contributed by atoms with E-state index in [1.54, 1.807) is 12.1 Å². The molecule has 1 rings (SSSR count). The zero-order valence-corrected chi connectivity index (χ0v) is 14.5. The number of nitrogens with one attached hydrogen (secondary N) is 2. The molecule has 0 saturated carbocycles. The second-order valence-corrected chi connectivity index (χ2v) is 7.92. The van der Waals surface area contributed by atoms with Gasteiger partial charge < -0.3 is 10.6 Å². The first-order valence-electron chi connectivity index (χ1n) is 6.21. The highest BCUT2D eigenvalue weighted by Crippen LogP contribution is 2.33. The second-order valence-electron chi connectivity index (χ2n) is 5.64. The molecule has 0 heterocycles. The summed E-state index contributed by atoms with van der Waals surface area (Å²) in [6.07, 6.45) is 0. The topological polar surface area (TPSA) is 58.2 Å². The standard InChI is InChI=1S/C14H17Cl3N2O2/c1-8(20)18-10-6-5-9(13(2,3)4)7-11(10)19-12(21)14(15,16)17/h5-7H,1-4H3,(H,18,20)(H,19,21). The lowest BCUT2D eigenvalue weighted by Crippen LogP contribution is -2.28. The molecule has 0 aromatic heterocycles. The van der Waals surface area contributed by atoms with Crippen molar-refractivity contribution in [1.82, 2.24) is 0 Å². The molecule has 0 fully saturated rings. The molecule has 116 valence electrons. The highest BCUT2D eigenvalue weighted by molar-refractivity contribution is 6.76. The maximum atomic E-state index is 11.8. The Labute approximate surface area is 139 Å². The molecule has 0 aliphatic heterocycles. The second kappa shape index (κ2) is 6.42. The highest BCUT2D eigenvalue weighted by atomic mass is 35.6. The molecule has 1 aromatic carbocycles. The molecule has 1 aromatic rings. The predicted molar refractivity (Wildman–Crippen MR) is 88.4 cm³/mol. The first-order valence-corrected chi connectivity index (χ1v) is 7.35. The Balaban J connectivity index is 3.23. The SMILES string of the molecule is CC(=O)Nc1ccc(C(C)(C)C)cc1NC(=O)C(Cl)(Cl)Cl.